The molecule has 0 heteroatoms. The molecule has 0 saturated heterocycles. The van der Waals surface area contributed by atoms with Gasteiger partial charge >= 0.3 is 0 Å². The Bertz CT molecular complexity index is 397. The van der Waals surface area contributed by atoms with Gasteiger partial charge < -0.3 is 0 Å². The Balaban J connectivity index is 1.72. The molecular weight excluding hydrogens is 204 g/mol. The Morgan fingerprint density at radius 1 is 1.18 bits per heavy atom. The zero-order valence-electron chi connectivity index (χ0n) is 12.3. The van der Waals surface area contributed by atoms with Crippen molar-refractivity contribution in [3.05, 3.63) is 0 Å². The molecule has 96 valence electrons. The van der Waals surface area contributed by atoms with Gasteiger partial charge in [0.15, 0.2) is 0 Å². The minimum atomic E-state index is 0.688. The van der Waals surface area contributed by atoms with Gasteiger partial charge in [0.25, 0.3) is 0 Å². The molecule has 4 fully saturated rings. The molecule has 0 nitrogen and oxygen atoms in total. The lowest BCUT2D eigenvalue weighted by Crippen LogP contribution is -2.70. The van der Waals surface area contributed by atoms with Crippen LogP contribution in [0, 0.1) is 39.4 Å². The van der Waals surface area contributed by atoms with Gasteiger partial charge in [0.1, 0.15) is 0 Å². The lowest BCUT2D eigenvalue weighted by Gasteiger charge is -2.75. The predicted octanol–water partition coefficient (Wildman–Crippen LogP) is 4.89. The molecule has 4 rings (SSSR count). The molecule has 0 aromatic rings. The average molecular weight is 232 g/mol. The van der Waals surface area contributed by atoms with E-state index in [9.17, 15) is 0 Å². The Kier molecular flexibility index (Phi) is 1.60. The summed E-state index contributed by atoms with van der Waals surface area (Å²) < 4.78 is 0. The average Bonchev–Trinajstić information content (AvgIpc) is 2.85. The fraction of sp³-hybridized carbons (Fsp3) is 1.00. The summed E-state index contributed by atoms with van der Waals surface area (Å²) in [4.78, 5) is 0. The molecule has 0 aromatic heterocycles. The molecule has 0 bridgehead atoms. The zero-order chi connectivity index (χ0) is 12.3. The first-order chi connectivity index (χ1) is 7.88. The fourth-order valence-electron chi connectivity index (χ4n) is 7.70. The normalized spacial score (nSPS) is 66.7. The highest BCUT2D eigenvalue weighted by molar-refractivity contribution is 5.39. The minimum absolute atomic E-state index is 0.688. The Morgan fingerprint density at radius 3 is 2.41 bits per heavy atom. The fourth-order valence-corrected chi connectivity index (χ4v) is 7.70. The molecule has 0 heterocycles. The molecule has 0 aliphatic heterocycles. The predicted molar refractivity (Wildman–Crippen MR) is 71.7 cm³/mol. The van der Waals surface area contributed by atoms with Gasteiger partial charge in [-0.3, -0.25) is 0 Å². The summed E-state index contributed by atoms with van der Waals surface area (Å²) >= 11 is 0. The maximum absolute atomic E-state index is 2.65. The van der Waals surface area contributed by atoms with E-state index in [0.29, 0.717) is 5.41 Å². The summed E-state index contributed by atoms with van der Waals surface area (Å²) in [6, 6.07) is 0. The smallest absolute Gasteiger partial charge is 0.0147 e. The summed E-state index contributed by atoms with van der Waals surface area (Å²) in [6.45, 7) is 12.6. The molecule has 4 saturated carbocycles. The van der Waals surface area contributed by atoms with E-state index in [2.05, 4.69) is 34.6 Å². The molecule has 4 aliphatic carbocycles. The molecule has 6 atom stereocenters. The van der Waals surface area contributed by atoms with E-state index in [1.54, 1.807) is 25.7 Å². The molecule has 0 amide bonds. The van der Waals surface area contributed by atoms with Crippen LogP contribution in [0.5, 0.6) is 0 Å². The molecule has 6 unspecified atom stereocenters. The lowest BCUT2D eigenvalue weighted by atomic mass is 9.29. The van der Waals surface area contributed by atoms with Crippen LogP contribution in [0.2, 0.25) is 0 Å². The van der Waals surface area contributed by atoms with E-state index in [1.165, 1.54) is 6.42 Å². The zero-order valence-corrected chi connectivity index (χ0v) is 12.3. The van der Waals surface area contributed by atoms with Crippen LogP contribution in [-0.4, -0.2) is 0 Å². The SMILES string of the molecule is CCC12CCC3C1C(C)(C2)C31CC1(C)C(C)C. The highest BCUT2D eigenvalue weighted by atomic mass is 15.0. The van der Waals surface area contributed by atoms with E-state index in [1.807, 2.05) is 0 Å². The second-order valence-electron chi connectivity index (χ2n) is 8.65. The van der Waals surface area contributed by atoms with Crippen LogP contribution in [0.4, 0.5) is 0 Å². The topological polar surface area (TPSA) is 0 Å². The van der Waals surface area contributed by atoms with Crippen molar-refractivity contribution in [2.75, 3.05) is 0 Å². The second kappa shape index (κ2) is 2.49. The van der Waals surface area contributed by atoms with Crippen molar-refractivity contribution in [1.29, 1.82) is 0 Å². The lowest BCUT2D eigenvalue weighted by molar-refractivity contribution is -0.279. The van der Waals surface area contributed by atoms with E-state index in [-0.39, 0.29) is 0 Å². The van der Waals surface area contributed by atoms with E-state index < -0.39 is 0 Å². The monoisotopic (exact) mass is 232 g/mol. The van der Waals surface area contributed by atoms with Crippen LogP contribution in [0.25, 0.3) is 0 Å². The van der Waals surface area contributed by atoms with Crippen LogP contribution >= 0.6 is 0 Å². The third-order valence-electron chi connectivity index (χ3n) is 8.59. The third kappa shape index (κ3) is 0.742. The number of fused-ring (bicyclic) bond motifs is 2. The van der Waals surface area contributed by atoms with Crippen LogP contribution in [0.3, 0.4) is 0 Å². The van der Waals surface area contributed by atoms with Gasteiger partial charge in [-0.05, 0) is 65.1 Å². The van der Waals surface area contributed by atoms with Gasteiger partial charge in [-0.15, -0.1) is 0 Å². The van der Waals surface area contributed by atoms with Gasteiger partial charge in [0.2, 0.25) is 0 Å². The molecule has 1 spiro atoms. The van der Waals surface area contributed by atoms with Crippen molar-refractivity contribution in [1.82, 2.24) is 0 Å². The number of hydrogen-bond donors (Lipinski definition) is 0. The van der Waals surface area contributed by atoms with E-state index >= 15 is 0 Å². The summed E-state index contributed by atoms with van der Waals surface area (Å²) in [5, 5.41) is 0. The first-order valence-electron chi connectivity index (χ1n) is 7.88. The van der Waals surface area contributed by atoms with Gasteiger partial charge in [-0.25, -0.2) is 0 Å². The Morgan fingerprint density at radius 2 is 1.88 bits per heavy atom. The summed E-state index contributed by atoms with van der Waals surface area (Å²) in [6.07, 6.45) is 7.70. The summed E-state index contributed by atoms with van der Waals surface area (Å²) in [7, 11) is 0. The first-order valence-corrected chi connectivity index (χ1v) is 7.88. The highest BCUT2D eigenvalue weighted by Gasteiger charge is 2.92. The second-order valence-corrected chi connectivity index (χ2v) is 8.65. The van der Waals surface area contributed by atoms with Crippen molar-refractivity contribution in [3.63, 3.8) is 0 Å². The number of hydrogen-bond acceptors (Lipinski definition) is 0. The third-order valence-corrected chi connectivity index (χ3v) is 8.59. The molecule has 0 N–H and O–H groups in total. The van der Waals surface area contributed by atoms with Gasteiger partial charge in [-0.2, -0.15) is 0 Å². The molecular formula is C17H28. The van der Waals surface area contributed by atoms with Crippen molar-refractivity contribution in [2.45, 2.75) is 66.7 Å². The summed E-state index contributed by atoms with van der Waals surface area (Å²) in [5.41, 5.74) is 3.04. The van der Waals surface area contributed by atoms with Gasteiger partial charge in [0, 0.05) is 0 Å². The quantitative estimate of drug-likeness (QED) is 0.636. The molecule has 0 aromatic carbocycles. The van der Waals surface area contributed by atoms with Crippen LogP contribution in [0.1, 0.15) is 66.7 Å². The summed E-state index contributed by atoms with van der Waals surface area (Å²) in [5.74, 6) is 3.13. The maximum atomic E-state index is 2.65. The van der Waals surface area contributed by atoms with Crippen molar-refractivity contribution in [2.24, 2.45) is 39.4 Å². The van der Waals surface area contributed by atoms with Gasteiger partial charge in [0.05, 0.1) is 0 Å². The van der Waals surface area contributed by atoms with Crippen molar-refractivity contribution < 1.29 is 0 Å². The molecule has 0 radical (unpaired) electrons. The minimum Gasteiger partial charge on any atom is -0.0648 e. The highest BCUT2D eigenvalue weighted by Crippen LogP contribution is 2.98. The van der Waals surface area contributed by atoms with E-state index in [0.717, 1.165) is 34.0 Å². The molecule has 4 aliphatic rings. The van der Waals surface area contributed by atoms with Crippen molar-refractivity contribution >= 4 is 0 Å². The standard InChI is InChI=1S/C17H28/c1-6-16-8-7-12-13(16)15(5,9-16)17(12)10-14(17,4)11(2)3/h11-13H,6-10H2,1-5H3. The van der Waals surface area contributed by atoms with Crippen LogP contribution in [-0.2, 0) is 0 Å². The molecule has 17 heavy (non-hydrogen) atoms. The van der Waals surface area contributed by atoms with Crippen LogP contribution in [0.15, 0.2) is 0 Å². The Hall–Kier alpha value is 0. The Labute approximate surface area is 107 Å². The number of rotatable bonds is 2. The largest absolute Gasteiger partial charge is 0.0648 e. The van der Waals surface area contributed by atoms with Crippen molar-refractivity contribution in [3.8, 4) is 0 Å². The first kappa shape index (κ1) is 10.9. The maximum Gasteiger partial charge on any atom is -0.0147 e. The van der Waals surface area contributed by atoms with Gasteiger partial charge in [-0.1, -0.05) is 41.0 Å². The van der Waals surface area contributed by atoms with E-state index in [4.69, 9.17) is 0 Å². The van der Waals surface area contributed by atoms with Crippen LogP contribution < -0.4 is 0 Å².